The van der Waals surface area contributed by atoms with Crippen molar-refractivity contribution in [1.29, 1.82) is 5.26 Å². The van der Waals surface area contributed by atoms with E-state index in [0.29, 0.717) is 38.0 Å². The summed E-state index contributed by atoms with van der Waals surface area (Å²) in [5.74, 6) is 0.210. The molecule has 8 nitrogen and oxygen atoms in total. The zero-order valence-corrected chi connectivity index (χ0v) is 21.6. The van der Waals surface area contributed by atoms with E-state index in [1.807, 2.05) is 36.4 Å². The van der Waals surface area contributed by atoms with E-state index in [1.54, 1.807) is 19.4 Å². The van der Waals surface area contributed by atoms with E-state index in [-0.39, 0.29) is 11.1 Å². The van der Waals surface area contributed by atoms with Crippen LogP contribution in [0.2, 0.25) is 5.02 Å². The zero-order valence-electron chi connectivity index (χ0n) is 19.3. The third-order valence-corrected chi connectivity index (χ3v) is 6.62. The summed E-state index contributed by atoms with van der Waals surface area (Å²) in [4.78, 5) is 4.47. The number of pyridine rings is 1. The Morgan fingerprint density at radius 1 is 1.14 bits per heavy atom. The number of nitriles is 1. The first-order valence-corrected chi connectivity index (χ1v) is 12.1. The van der Waals surface area contributed by atoms with Gasteiger partial charge in [-0.25, -0.2) is 4.39 Å². The Hall–Kier alpha value is -4.20. The molecule has 5 aromatic rings. The number of hydrogen-bond donors (Lipinski definition) is 3. The normalized spacial score (nSPS) is 11.6. The van der Waals surface area contributed by atoms with Crippen molar-refractivity contribution >= 4 is 55.5 Å². The Labute approximate surface area is 224 Å². The molecule has 1 unspecified atom stereocenters. The number of H-pyrrole nitrogens is 1. The third-order valence-electron chi connectivity index (χ3n) is 5.73. The van der Waals surface area contributed by atoms with Crippen molar-refractivity contribution in [2.45, 2.75) is 6.04 Å². The van der Waals surface area contributed by atoms with Gasteiger partial charge in [0, 0.05) is 33.6 Å². The van der Waals surface area contributed by atoms with E-state index in [2.05, 4.69) is 53.0 Å². The van der Waals surface area contributed by atoms with Crippen LogP contribution in [0, 0.1) is 17.1 Å². The molecule has 0 spiro atoms. The lowest BCUT2D eigenvalue weighted by atomic mass is 10.0. The molecular weight excluding hydrogens is 561 g/mol. The highest BCUT2D eigenvalue weighted by Crippen LogP contribution is 2.37. The molecular formula is C26H18BrClFN7O. The van der Waals surface area contributed by atoms with E-state index in [4.69, 9.17) is 16.3 Å². The molecule has 0 fully saturated rings. The van der Waals surface area contributed by atoms with Crippen molar-refractivity contribution in [3.63, 3.8) is 0 Å². The summed E-state index contributed by atoms with van der Waals surface area (Å²) in [5, 5.41) is 28.0. The van der Waals surface area contributed by atoms with Gasteiger partial charge in [-0.3, -0.25) is 10.1 Å². The number of nitrogens with one attached hydrogen (secondary N) is 3. The van der Waals surface area contributed by atoms with Gasteiger partial charge in [0.15, 0.2) is 0 Å². The lowest BCUT2D eigenvalue weighted by Crippen LogP contribution is -2.13. The second kappa shape index (κ2) is 10.4. The van der Waals surface area contributed by atoms with E-state index in [1.165, 1.54) is 18.3 Å². The minimum absolute atomic E-state index is 0.0275. The second-order valence-electron chi connectivity index (χ2n) is 8.02. The van der Waals surface area contributed by atoms with Gasteiger partial charge >= 0.3 is 0 Å². The van der Waals surface area contributed by atoms with Crippen LogP contribution in [0.1, 0.15) is 22.9 Å². The number of hydrogen-bond acceptors (Lipinski definition) is 7. The molecule has 0 radical (unpaired) electrons. The SMILES string of the molecule is COc1ccc(C(Nc2cc(Br)c3ncc(C#N)c(Nc4ccc(F)c(Cl)c4)c3c2)c2c[nH]nn2)cc1. The Morgan fingerprint density at radius 3 is 2.62 bits per heavy atom. The first-order valence-electron chi connectivity index (χ1n) is 11.0. The largest absolute Gasteiger partial charge is 0.497 e. The van der Waals surface area contributed by atoms with Crippen molar-refractivity contribution in [2.75, 3.05) is 17.7 Å². The summed E-state index contributed by atoms with van der Waals surface area (Å²) >= 11 is 9.59. The summed E-state index contributed by atoms with van der Waals surface area (Å²) in [6.07, 6.45) is 3.21. The van der Waals surface area contributed by atoms with E-state index in [0.717, 1.165) is 17.0 Å². The molecule has 2 heterocycles. The summed E-state index contributed by atoms with van der Waals surface area (Å²) in [6, 6.07) is 17.5. The van der Waals surface area contributed by atoms with E-state index in [9.17, 15) is 9.65 Å². The van der Waals surface area contributed by atoms with Crippen LogP contribution in [0.3, 0.4) is 0 Å². The Balaban J connectivity index is 1.60. The molecule has 3 aromatic carbocycles. The van der Waals surface area contributed by atoms with E-state index >= 15 is 0 Å². The number of rotatable bonds is 7. The molecule has 0 aliphatic rings. The molecule has 3 N–H and O–H groups in total. The van der Waals surface area contributed by atoms with Crippen LogP contribution in [0.15, 0.2) is 71.5 Å². The Morgan fingerprint density at radius 2 is 1.95 bits per heavy atom. The predicted molar refractivity (Wildman–Crippen MR) is 144 cm³/mol. The molecule has 184 valence electrons. The predicted octanol–water partition coefficient (Wildman–Crippen LogP) is 6.73. The van der Waals surface area contributed by atoms with Gasteiger partial charge in [0.1, 0.15) is 23.3 Å². The van der Waals surface area contributed by atoms with Crippen molar-refractivity contribution in [1.82, 2.24) is 20.4 Å². The van der Waals surface area contributed by atoms with Crippen LogP contribution < -0.4 is 15.4 Å². The number of aromatic nitrogens is 4. The van der Waals surface area contributed by atoms with Gasteiger partial charge in [-0.2, -0.15) is 5.26 Å². The summed E-state index contributed by atoms with van der Waals surface area (Å²) in [6.45, 7) is 0. The topological polar surface area (TPSA) is 112 Å². The summed E-state index contributed by atoms with van der Waals surface area (Å²) in [5.41, 5.74) is 4.37. The first kappa shape index (κ1) is 24.5. The van der Waals surface area contributed by atoms with E-state index < -0.39 is 5.82 Å². The smallest absolute Gasteiger partial charge is 0.141 e. The maximum absolute atomic E-state index is 13.7. The minimum Gasteiger partial charge on any atom is -0.497 e. The van der Waals surface area contributed by atoms with Gasteiger partial charge in [-0.15, -0.1) is 5.10 Å². The minimum atomic E-state index is -0.529. The molecule has 5 rings (SSSR count). The number of aromatic amines is 1. The standard InChI is InChI=1S/C26H18BrClFN7O/c1-37-18-5-2-14(3-6-18)25(23-13-32-36-35-23)34-17-8-19-24(33-16-4-7-22(29)21(28)10-16)15(11-30)12-31-26(19)20(27)9-17/h2-10,12-13,25,34H,1H3,(H,31,33)(H,32,35,36). The van der Waals surface area contributed by atoms with Crippen molar-refractivity contribution in [2.24, 2.45) is 0 Å². The maximum Gasteiger partial charge on any atom is 0.141 e. The molecule has 0 amide bonds. The number of ether oxygens (including phenoxy) is 1. The molecule has 0 bridgehead atoms. The zero-order chi connectivity index (χ0) is 25.9. The van der Waals surface area contributed by atoms with Gasteiger partial charge in [0.25, 0.3) is 0 Å². The Kier molecular flexibility index (Phi) is 6.90. The van der Waals surface area contributed by atoms with Crippen LogP contribution in [-0.4, -0.2) is 27.5 Å². The highest BCUT2D eigenvalue weighted by Gasteiger charge is 2.19. The fraction of sp³-hybridized carbons (Fsp3) is 0.0769. The number of nitrogens with zero attached hydrogens (tertiary/aromatic N) is 4. The molecule has 0 saturated carbocycles. The van der Waals surface area contributed by atoms with Crippen LogP contribution in [-0.2, 0) is 0 Å². The number of benzene rings is 3. The quantitative estimate of drug-likeness (QED) is 0.196. The maximum atomic E-state index is 13.7. The number of halogens is 3. The van der Waals surface area contributed by atoms with Gasteiger partial charge in [0.05, 0.1) is 34.9 Å². The van der Waals surface area contributed by atoms with Crippen molar-refractivity contribution < 1.29 is 9.13 Å². The average Bonchev–Trinajstić information content (AvgIpc) is 3.45. The average molecular weight is 579 g/mol. The van der Waals surface area contributed by atoms with Gasteiger partial charge in [-0.05, 0) is 64.0 Å². The number of methoxy groups -OCH3 is 1. The van der Waals surface area contributed by atoms with Crippen LogP contribution >= 0.6 is 27.5 Å². The highest BCUT2D eigenvalue weighted by atomic mass is 79.9. The highest BCUT2D eigenvalue weighted by molar-refractivity contribution is 9.10. The van der Waals surface area contributed by atoms with Crippen molar-refractivity contribution in [3.8, 4) is 11.8 Å². The summed E-state index contributed by atoms with van der Waals surface area (Å²) < 4.78 is 19.7. The van der Waals surface area contributed by atoms with Crippen LogP contribution in [0.25, 0.3) is 10.9 Å². The van der Waals surface area contributed by atoms with Gasteiger partial charge in [-0.1, -0.05) is 28.9 Å². The van der Waals surface area contributed by atoms with Gasteiger partial charge < -0.3 is 15.4 Å². The van der Waals surface area contributed by atoms with Crippen LogP contribution in [0.4, 0.5) is 21.5 Å². The fourth-order valence-electron chi connectivity index (χ4n) is 3.92. The first-order chi connectivity index (χ1) is 18.0. The monoisotopic (exact) mass is 577 g/mol. The summed E-state index contributed by atoms with van der Waals surface area (Å²) in [7, 11) is 1.62. The lowest BCUT2D eigenvalue weighted by molar-refractivity contribution is 0.414. The van der Waals surface area contributed by atoms with Crippen molar-refractivity contribution in [3.05, 3.63) is 99.1 Å². The molecule has 1 atom stereocenters. The van der Waals surface area contributed by atoms with Gasteiger partial charge in [0.2, 0.25) is 0 Å². The molecule has 0 saturated heterocycles. The molecule has 0 aliphatic carbocycles. The second-order valence-corrected chi connectivity index (χ2v) is 9.28. The lowest BCUT2D eigenvalue weighted by Gasteiger charge is -2.20. The third kappa shape index (κ3) is 5.05. The number of anilines is 3. The molecule has 37 heavy (non-hydrogen) atoms. The van der Waals surface area contributed by atoms with Crippen LogP contribution in [0.5, 0.6) is 5.75 Å². The molecule has 11 heteroatoms. The fourth-order valence-corrected chi connectivity index (χ4v) is 4.67. The molecule has 2 aromatic heterocycles. The number of fused-ring (bicyclic) bond motifs is 1. The Bertz CT molecular complexity index is 1620. The molecule has 0 aliphatic heterocycles.